The number of fused-ring (bicyclic) bond motifs is 3. The van der Waals surface area contributed by atoms with Crippen molar-refractivity contribution < 1.29 is 4.74 Å². The Morgan fingerprint density at radius 3 is 2.63 bits per heavy atom. The minimum absolute atomic E-state index is 0.126. The molecular weight excluding hydrogens is 442 g/mol. The maximum absolute atomic E-state index is 13.4. The molecule has 5 aromatic rings. The third-order valence-corrected chi connectivity index (χ3v) is 6.32. The molecule has 0 unspecified atom stereocenters. The lowest BCUT2D eigenvalue weighted by atomic mass is 10.0. The van der Waals surface area contributed by atoms with Crippen LogP contribution in [0, 0.1) is 6.92 Å². The zero-order valence-corrected chi connectivity index (χ0v) is 20.7. The van der Waals surface area contributed by atoms with Gasteiger partial charge < -0.3 is 10.1 Å². The number of benzene rings is 1. The van der Waals surface area contributed by atoms with E-state index >= 15 is 0 Å². The number of hydrogen-bond donors (Lipinski definition) is 1. The zero-order chi connectivity index (χ0) is 24.7. The van der Waals surface area contributed by atoms with Crippen molar-refractivity contribution in [1.82, 2.24) is 28.9 Å². The Labute approximate surface area is 203 Å². The molecule has 180 valence electrons. The van der Waals surface area contributed by atoms with Gasteiger partial charge >= 0.3 is 5.69 Å². The maximum atomic E-state index is 13.4. The summed E-state index contributed by atoms with van der Waals surface area (Å²) in [6.45, 7) is 7.96. The van der Waals surface area contributed by atoms with Crippen LogP contribution in [-0.4, -0.2) is 42.5 Å². The van der Waals surface area contributed by atoms with Crippen molar-refractivity contribution in [3.63, 3.8) is 0 Å². The summed E-state index contributed by atoms with van der Waals surface area (Å²) in [7, 11) is 3.44. The fourth-order valence-electron chi connectivity index (χ4n) is 4.54. The van der Waals surface area contributed by atoms with Gasteiger partial charge in [0, 0.05) is 50.6 Å². The lowest BCUT2D eigenvalue weighted by molar-refractivity contribution is 0.182. The number of methoxy groups -OCH3 is 1. The molecule has 0 aliphatic carbocycles. The van der Waals surface area contributed by atoms with E-state index in [-0.39, 0.29) is 5.69 Å². The summed E-state index contributed by atoms with van der Waals surface area (Å²) in [5, 5.41) is 8.84. The van der Waals surface area contributed by atoms with Gasteiger partial charge in [0.1, 0.15) is 0 Å². The molecule has 9 heteroatoms. The first kappa shape index (κ1) is 22.8. The quantitative estimate of drug-likeness (QED) is 0.385. The maximum Gasteiger partial charge on any atom is 0.333 e. The van der Waals surface area contributed by atoms with Crippen LogP contribution < -0.4 is 11.0 Å². The highest BCUT2D eigenvalue weighted by atomic mass is 16.5. The van der Waals surface area contributed by atoms with Gasteiger partial charge in [0.05, 0.1) is 52.1 Å². The number of pyridine rings is 2. The largest absolute Gasteiger partial charge is 0.384 e. The van der Waals surface area contributed by atoms with Crippen LogP contribution >= 0.6 is 0 Å². The van der Waals surface area contributed by atoms with Crippen LogP contribution in [0.5, 0.6) is 0 Å². The molecule has 4 heterocycles. The Hall–Kier alpha value is -3.98. The summed E-state index contributed by atoms with van der Waals surface area (Å²) in [6.07, 6.45) is 5.55. The smallest absolute Gasteiger partial charge is 0.333 e. The number of nitrogens with zero attached hydrogens (tertiary/aromatic N) is 6. The Bertz CT molecular complexity index is 1610. The highest BCUT2D eigenvalue weighted by Gasteiger charge is 2.19. The van der Waals surface area contributed by atoms with Crippen LogP contribution in [-0.2, 0) is 24.9 Å². The second kappa shape index (κ2) is 8.99. The summed E-state index contributed by atoms with van der Waals surface area (Å²) in [5.74, 6) is 0. The molecule has 1 N–H and O–H groups in total. The van der Waals surface area contributed by atoms with E-state index in [2.05, 4.69) is 39.4 Å². The van der Waals surface area contributed by atoms with Crippen LogP contribution in [0.15, 0.2) is 47.7 Å². The Balaban J connectivity index is 1.77. The fourth-order valence-corrected chi connectivity index (χ4v) is 4.54. The molecule has 0 saturated heterocycles. The fraction of sp³-hybridized carbons (Fsp3) is 0.308. The molecule has 0 atom stereocenters. The molecule has 0 bridgehead atoms. The first-order valence-corrected chi connectivity index (χ1v) is 11.7. The number of aryl methyl sites for hydroxylation is 3. The van der Waals surface area contributed by atoms with Gasteiger partial charge in [0.2, 0.25) is 0 Å². The summed E-state index contributed by atoms with van der Waals surface area (Å²) >= 11 is 0. The Morgan fingerprint density at radius 1 is 1.09 bits per heavy atom. The second-order valence-electron chi connectivity index (χ2n) is 8.54. The third-order valence-electron chi connectivity index (χ3n) is 6.32. The summed E-state index contributed by atoms with van der Waals surface area (Å²) in [5.41, 5.74) is 7.63. The van der Waals surface area contributed by atoms with Crippen LogP contribution in [0.4, 0.5) is 5.69 Å². The van der Waals surface area contributed by atoms with Gasteiger partial charge in [-0.2, -0.15) is 5.10 Å². The van der Waals surface area contributed by atoms with E-state index in [0.717, 1.165) is 68.9 Å². The summed E-state index contributed by atoms with van der Waals surface area (Å²) < 4.78 is 10.5. The van der Waals surface area contributed by atoms with E-state index in [0.29, 0.717) is 6.61 Å². The molecule has 4 aromatic heterocycles. The monoisotopic (exact) mass is 471 g/mol. The van der Waals surface area contributed by atoms with Gasteiger partial charge in [-0.25, -0.2) is 4.79 Å². The van der Waals surface area contributed by atoms with E-state index < -0.39 is 0 Å². The van der Waals surface area contributed by atoms with Gasteiger partial charge in [0.15, 0.2) is 0 Å². The number of anilines is 1. The van der Waals surface area contributed by atoms with E-state index in [1.54, 1.807) is 29.5 Å². The van der Waals surface area contributed by atoms with Crippen LogP contribution in [0.2, 0.25) is 0 Å². The SMILES string of the molecule is CCNc1cc(-c2ccc3ncc4c(c3c2)n(-c2cn(CC)nc2C)c(=O)n4C)cnc1COC. The summed E-state index contributed by atoms with van der Waals surface area (Å²) in [6, 6.07) is 8.20. The first-order chi connectivity index (χ1) is 17.0. The molecule has 0 aliphatic rings. The Kier molecular flexibility index (Phi) is 5.86. The van der Waals surface area contributed by atoms with Gasteiger partial charge in [-0.15, -0.1) is 0 Å². The molecule has 0 amide bonds. The van der Waals surface area contributed by atoms with Crippen molar-refractivity contribution in [2.24, 2.45) is 7.05 Å². The minimum atomic E-state index is -0.126. The average Bonchev–Trinajstić information content (AvgIpc) is 3.36. The molecule has 1 aromatic carbocycles. The number of imidazole rings is 1. The molecule has 0 fully saturated rings. The predicted molar refractivity (Wildman–Crippen MR) is 138 cm³/mol. The van der Waals surface area contributed by atoms with Crippen molar-refractivity contribution in [3.05, 3.63) is 64.7 Å². The van der Waals surface area contributed by atoms with E-state index in [1.807, 2.05) is 43.1 Å². The number of hydrogen-bond acceptors (Lipinski definition) is 6. The van der Waals surface area contributed by atoms with Crippen molar-refractivity contribution in [2.45, 2.75) is 33.9 Å². The lowest BCUT2D eigenvalue weighted by Crippen LogP contribution is -2.21. The Morgan fingerprint density at radius 2 is 1.91 bits per heavy atom. The number of rotatable bonds is 7. The third kappa shape index (κ3) is 3.77. The van der Waals surface area contributed by atoms with Crippen LogP contribution in [0.1, 0.15) is 25.2 Å². The van der Waals surface area contributed by atoms with Crippen LogP contribution in [0.3, 0.4) is 0 Å². The highest BCUT2D eigenvalue weighted by Crippen LogP contribution is 2.31. The summed E-state index contributed by atoms with van der Waals surface area (Å²) in [4.78, 5) is 22.7. The molecule has 0 aliphatic heterocycles. The number of ether oxygens (including phenoxy) is 1. The zero-order valence-electron chi connectivity index (χ0n) is 20.7. The standard InChI is InChI=1S/C26H29N7O2/c1-6-27-21-11-18(12-28-22(21)15-35-5)17-8-9-20-19(10-17)25-23(13-29-20)31(4)26(34)33(25)24-14-32(7-2)30-16(24)3/h8-14,27H,6-7,15H2,1-5H3. The topological polar surface area (TPSA) is 91.8 Å². The van der Waals surface area contributed by atoms with E-state index in [1.165, 1.54) is 0 Å². The molecule has 35 heavy (non-hydrogen) atoms. The van der Waals surface area contributed by atoms with Crippen LogP contribution in [0.25, 0.3) is 38.8 Å². The minimum Gasteiger partial charge on any atom is -0.384 e. The van der Waals surface area contributed by atoms with E-state index in [4.69, 9.17) is 4.74 Å². The first-order valence-electron chi connectivity index (χ1n) is 11.7. The van der Waals surface area contributed by atoms with Gasteiger partial charge in [-0.1, -0.05) is 6.07 Å². The van der Waals surface area contributed by atoms with Crippen molar-refractivity contribution in [1.29, 1.82) is 0 Å². The van der Waals surface area contributed by atoms with Crippen molar-refractivity contribution in [2.75, 3.05) is 19.0 Å². The van der Waals surface area contributed by atoms with Gasteiger partial charge in [0.25, 0.3) is 0 Å². The van der Waals surface area contributed by atoms with Gasteiger partial charge in [-0.05, 0) is 44.5 Å². The van der Waals surface area contributed by atoms with E-state index in [9.17, 15) is 4.79 Å². The van der Waals surface area contributed by atoms with Crippen molar-refractivity contribution >= 4 is 27.6 Å². The molecule has 0 saturated carbocycles. The predicted octanol–water partition coefficient (Wildman–Crippen LogP) is 4.04. The number of nitrogens with one attached hydrogen (secondary N) is 1. The molecule has 0 radical (unpaired) electrons. The lowest BCUT2D eigenvalue weighted by Gasteiger charge is -2.12. The molecular formula is C26H29N7O2. The van der Waals surface area contributed by atoms with Gasteiger partial charge in [-0.3, -0.25) is 23.8 Å². The highest BCUT2D eigenvalue weighted by molar-refractivity contribution is 6.04. The molecule has 5 rings (SSSR count). The number of aromatic nitrogens is 6. The molecule has 0 spiro atoms. The second-order valence-corrected chi connectivity index (χ2v) is 8.54. The normalized spacial score (nSPS) is 11.6. The average molecular weight is 472 g/mol. The molecule has 9 nitrogen and oxygen atoms in total. The van der Waals surface area contributed by atoms with Crippen molar-refractivity contribution in [3.8, 4) is 16.8 Å².